The second-order valence-electron chi connectivity index (χ2n) is 7.74. The highest BCUT2D eigenvalue weighted by atomic mass is 19.1. The Morgan fingerprint density at radius 1 is 0.882 bits per heavy atom. The van der Waals surface area contributed by atoms with Crippen LogP contribution < -0.4 is 5.32 Å². The quantitative estimate of drug-likeness (QED) is 0.305. The van der Waals surface area contributed by atoms with Crippen LogP contribution in [-0.4, -0.2) is 30.1 Å². The van der Waals surface area contributed by atoms with Crippen LogP contribution in [0.1, 0.15) is 0 Å². The summed E-state index contributed by atoms with van der Waals surface area (Å²) in [4.78, 5) is 17.2. The first-order chi connectivity index (χ1) is 16.7. The van der Waals surface area contributed by atoms with Crippen LogP contribution in [-0.2, 0) is 0 Å². The first kappa shape index (κ1) is 19.8. The summed E-state index contributed by atoms with van der Waals surface area (Å²) in [5.74, 6) is 0.257. The van der Waals surface area contributed by atoms with Gasteiger partial charge in [-0.25, -0.2) is 14.4 Å². The summed E-state index contributed by atoms with van der Waals surface area (Å²) in [6.07, 6.45) is 5.07. The molecular formula is C26H18FN7. The smallest absolute Gasteiger partial charge is 0.161 e. The van der Waals surface area contributed by atoms with Crippen LogP contribution in [0.25, 0.3) is 56.0 Å². The molecule has 3 N–H and O–H groups in total. The highest BCUT2D eigenvalue weighted by Gasteiger charge is 2.17. The van der Waals surface area contributed by atoms with Crippen molar-refractivity contribution in [2.75, 3.05) is 5.32 Å². The van der Waals surface area contributed by atoms with E-state index >= 15 is 0 Å². The van der Waals surface area contributed by atoms with E-state index in [-0.39, 0.29) is 5.82 Å². The van der Waals surface area contributed by atoms with Crippen molar-refractivity contribution in [1.29, 1.82) is 0 Å². The molecule has 0 aliphatic heterocycles. The van der Waals surface area contributed by atoms with Gasteiger partial charge in [0, 0.05) is 22.9 Å². The van der Waals surface area contributed by atoms with Crippen molar-refractivity contribution < 1.29 is 4.39 Å². The van der Waals surface area contributed by atoms with Gasteiger partial charge < -0.3 is 10.3 Å². The van der Waals surface area contributed by atoms with Crippen LogP contribution in [0.5, 0.6) is 0 Å². The molecule has 0 amide bonds. The van der Waals surface area contributed by atoms with Gasteiger partial charge in [-0.15, -0.1) is 0 Å². The lowest BCUT2D eigenvalue weighted by molar-refractivity contribution is 0.631. The van der Waals surface area contributed by atoms with E-state index < -0.39 is 0 Å². The molecule has 0 aliphatic carbocycles. The molecule has 0 atom stereocenters. The fourth-order valence-corrected chi connectivity index (χ4v) is 4.04. The Morgan fingerprint density at radius 3 is 2.65 bits per heavy atom. The molecule has 0 saturated heterocycles. The lowest BCUT2D eigenvalue weighted by Crippen LogP contribution is -1.91. The van der Waals surface area contributed by atoms with Crippen LogP contribution in [0.3, 0.4) is 0 Å². The number of hydrogen-bond donors (Lipinski definition) is 3. The summed E-state index contributed by atoms with van der Waals surface area (Å²) in [7, 11) is 0. The molecular weight excluding hydrogens is 429 g/mol. The average molecular weight is 447 g/mol. The minimum Gasteiger partial charge on any atom is -0.361 e. The number of rotatable bonds is 5. The maximum atomic E-state index is 14.5. The lowest BCUT2D eigenvalue weighted by Gasteiger charge is -2.04. The summed E-state index contributed by atoms with van der Waals surface area (Å²) in [5, 5.41) is 10.5. The van der Waals surface area contributed by atoms with Crippen molar-refractivity contribution in [3.8, 4) is 33.9 Å². The van der Waals surface area contributed by atoms with Crippen molar-refractivity contribution >= 4 is 27.8 Å². The average Bonchev–Trinajstić information content (AvgIpc) is 3.48. The van der Waals surface area contributed by atoms with Crippen molar-refractivity contribution in [3.05, 3.63) is 91.7 Å². The van der Waals surface area contributed by atoms with Gasteiger partial charge in [0.15, 0.2) is 11.5 Å². The first-order valence-corrected chi connectivity index (χ1v) is 10.6. The number of imidazole rings is 1. The second-order valence-corrected chi connectivity index (χ2v) is 7.74. The number of fused-ring (bicyclic) bond motifs is 2. The Hall–Kier alpha value is -4.85. The number of aromatic amines is 2. The SMILES string of the molecule is C=CNc1cncc(-c2ccc3[nH]nc(-c4nc5c(-c6ccccc6F)cccc5[nH]4)c3n2)c1. The molecule has 7 nitrogen and oxygen atoms in total. The minimum atomic E-state index is -0.294. The molecule has 2 aromatic carbocycles. The van der Waals surface area contributed by atoms with Crippen molar-refractivity contribution in [1.82, 2.24) is 30.1 Å². The molecule has 34 heavy (non-hydrogen) atoms. The number of para-hydroxylation sites is 1. The Labute approximate surface area is 193 Å². The lowest BCUT2D eigenvalue weighted by atomic mass is 10.0. The van der Waals surface area contributed by atoms with Gasteiger partial charge in [-0.2, -0.15) is 5.10 Å². The number of nitrogens with zero attached hydrogens (tertiary/aromatic N) is 4. The molecule has 4 aromatic heterocycles. The molecule has 0 saturated carbocycles. The second kappa shape index (κ2) is 7.93. The summed E-state index contributed by atoms with van der Waals surface area (Å²) < 4.78 is 14.5. The number of anilines is 1. The molecule has 6 aromatic rings. The Bertz CT molecular complexity index is 1680. The van der Waals surface area contributed by atoms with Crippen molar-refractivity contribution in [3.63, 3.8) is 0 Å². The van der Waals surface area contributed by atoms with Gasteiger partial charge in [-0.05, 0) is 36.5 Å². The third-order valence-electron chi connectivity index (χ3n) is 5.61. The molecule has 0 aliphatic rings. The summed E-state index contributed by atoms with van der Waals surface area (Å²) >= 11 is 0. The molecule has 4 heterocycles. The Balaban J connectivity index is 1.48. The number of H-pyrrole nitrogens is 2. The Morgan fingerprint density at radius 2 is 1.76 bits per heavy atom. The standard InChI is InChI=1S/C26H18FN7/c1-2-29-16-12-15(13-28-14-16)20-10-11-22-24(30-20)25(34-33-22)26-31-21-9-5-7-18(23(21)32-26)17-6-3-4-8-19(17)27/h2-14,29H,1H2,(H,31,32)(H,33,34). The van der Waals surface area contributed by atoms with Gasteiger partial charge in [-0.3, -0.25) is 10.1 Å². The van der Waals surface area contributed by atoms with Gasteiger partial charge >= 0.3 is 0 Å². The van der Waals surface area contributed by atoms with E-state index in [2.05, 4.69) is 32.1 Å². The van der Waals surface area contributed by atoms with Crippen LogP contribution in [0.4, 0.5) is 10.1 Å². The van der Waals surface area contributed by atoms with Crippen LogP contribution in [0, 0.1) is 5.82 Å². The fraction of sp³-hybridized carbons (Fsp3) is 0. The molecule has 6 rings (SSSR count). The van der Waals surface area contributed by atoms with E-state index in [1.165, 1.54) is 6.07 Å². The van der Waals surface area contributed by atoms with E-state index in [1.807, 2.05) is 42.5 Å². The minimum absolute atomic E-state index is 0.294. The molecule has 0 bridgehead atoms. The predicted molar refractivity (Wildman–Crippen MR) is 131 cm³/mol. The monoisotopic (exact) mass is 447 g/mol. The highest BCUT2D eigenvalue weighted by molar-refractivity contribution is 5.96. The van der Waals surface area contributed by atoms with E-state index in [9.17, 15) is 4.39 Å². The molecule has 0 fully saturated rings. The van der Waals surface area contributed by atoms with Crippen LogP contribution in [0.2, 0.25) is 0 Å². The zero-order chi connectivity index (χ0) is 23.1. The normalized spacial score (nSPS) is 11.2. The Kier molecular flexibility index (Phi) is 4.62. The van der Waals surface area contributed by atoms with Gasteiger partial charge in [0.25, 0.3) is 0 Å². The molecule has 164 valence electrons. The molecule has 8 heteroatoms. The third kappa shape index (κ3) is 3.29. The maximum Gasteiger partial charge on any atom is 0.161 e. The number of nitrogens with one attached hydrogen (secondary N) is 3. The van der Waals surface area contributed by atoms with Crippen LogP contribution >= 0.6 is 0 Å². The number of pyridine rings is 2. The number of hydrogen-bond acceptors (Lipinski definition) is 5. The van der Waals surface area contributed by atoms with E-state index in [4.69, 9.17) is 9.97 Å². The van der Waals surface area contributed by atoms with E-state index in [0.29, 0.717) is 33.7 Å². The van der Waals surface area contributed by atoms with Gasteiger partial charge in [0.05, 0.1) is 34.1 Å². The number of aromatic nitrogens is 6. The largest absolute Gasteiger partial charge is 0.361 e. The maximum absolute atomic E-state index is 14.5. The van der Waals surface area contributed by atoms with Crippen LogP contribution in [0.15, 0.2) is 85.8 Å². The van der Waals surface area contributed by atoms with E-state index in [1.54, 1.807) is 30.7 Å². The first-order valence-electron chi connectivity index (χ1n) is 10.6. The number of halogens is 1. The zero-order valence-corrected chi connectivity index (χ0v) is 17.9. The molecule has 0 radical (unpaired) electrons. The highest BCUT2D eigenvalue weighted by Crippen LogP contribution is 2.33. The van der Waals surface area contributed by atoms with Crippen molar-refractivity contribution in [2.45, 2.75) is 0 Å². The number of benzene rings is 2. The summed E-state index contributed by atoms with van der Waals surface area (Å²) in [6, 6.07) is 18.1. The third-order valence-corrected chi connectivity index (χ3v) is 5.61. The van der Waals surface area contributed by atoms with E-state index in [0.717, 1.165) is 28.0 Å². The summed E-state index contributed by atoms with van der Waals surface area (Å²) in [6.45, 7) is 3.69. The molecule has 0 unspecified atom stereocenters. The fourth-order valence-electron chi connectivity index (χ4n) is 4.04. The van der Waals surface area contributed by atoms with Gasteiger partial charge in [0.2, 0.25) is 0 Å². The van der Waals surface area contributed by atoms with Crippen molar-refractivity contribution in [2.24, 2.45) is 0 Å². The molecule has 0 spiro atoms. The van der Waals surface area contributed by atoms with Gasteiger partial charge in [-0.1, -0.05) is 36.9 Å². The predicted octanol–water partition coefficient (Wildman–Crippen LogP) is 5.92. The summed E-state index contributed by atoms with van der Waals surface area (Å²) in [5.41, 5.74) is 7.13. The van der Waals surface area contributed by atoms with Gasteiger partial charge in [0.1, 0.15) is 11.3 Å². The zero-order valence-electron chi connectivity index (χ0n) is 17.9. The topological polar surface area (TPSA) is 95.2 Å².